The number of sulfonamides is 1. The van der Waals surface area contributed by atoms with Crippen molar-refractivity contribution >= 4 is 10.0 Å². The standard InChI is InChI=1S/C16H19F2N3O2S/c1-11-16(9-19-20(11)2)24(22,23)21-4-3-12(10-21)5-13-6-14(17)8-15(18)7-13/h6-9,12H,3-5,10H2,1-2H3. The molecular weight excluding hydrogens is 336 g/mol. The SMILES string of the molecule is Cc1c(S(=O)(=O)N2CCC(Cc3cc(F)cc(F)c3)C2)cnn1C. The van der Waals surface area contributed by atoms with Crippen LogP contribution in [0.3, 0.4) is 0 Å². The number of aryl methyl sites for hydroxylation is 1. The summed E-state index contributed by atoms with van der Waals surface area (Å²) in [5.74, 6) is -1.19. The van der Waals surface area contributed by atoms with Crippen molar-refractivity contribution in [3.05, 3.63) is 47.3 Å². The molecule has 2 aromatic rings. The average Bonchev–Trinajstić information content (AvgIpc) is 3.07. The van der Waals surface area contributed by atoms with Crippen LogP contribution < -0.4 is 0 Å². The summed E-state index contributed by atoms with van der Waals surface area (Å²) in [7, 11) is -1.89. The predicted molar refractivity (Wildman–Crippen MR) is 84.9 cm³/mol. The fourth-order valence-electron chi connectivity index (χ4n) is 3.12. The largest absolute Gasteiger partial charge is 0.272 e. The molecule has 0 aliphatic carbocycles. The minimum absolute atomic E-state index is 0.0398. The summed E-state index contributed by atoms with van der Waals surface area (Å²) in [4.78, 5) is 0.211. The lowest BCUT2D eigenvalue weighted by atomic mass is 9.99. The van der Waals surface area contributed by atoms with Crippen LogP contribution in [0.15, 0.2) is 29.3 Å². The van der Waals surface area contributed by atoms with Gasteiger partial charge in [0, 0.05) is 26.2 Å². The summed E-state index contributed by atoms with van der Waals surface area (Å²) in [6.07, 6.45) is 2.48. The molecule has 130 valence electrons. The molecule has 0 bridgehead atoms. The molecule has 0 amide bonds. The molecule has 1 aromatic heterocycles. The summed E-state index contributed by atoms with van der Waals surface area (Å²) < 4.78 is 55.0. The van der Waals surface area contributed by atoms with Crippen LogP contribution in [0.2, 0.25) is 0 Å². The molecule has 24 heavy (non-hydrogen) atoms. The van der Waals surface area contributed by atoms with Gasteiger partial charge in [-0.15, -0.1) is 0 Å². The molecule has 0 N–H and O–H groups in total. The fraction of sp³-hybridized carbons (Fsp3) is 0.438. The lowest BCUT2D eigenvalue weighted by molar-refractivity contribution is 0.454. The van der Waals surface area contributed by atoms with Gasteiger partial charge in [-0.3, -0.25) is 4.68 Å². The van der Waals surface area contributed by atoms with Gasteiger partial charge in [-0.1, -0.05) is 0 Å². The minimum atomic E-state index is -3.59. The molecular formula is C16H19F2N3O2S. The third-order valence-electron chi connectivity index (χ3n) is 4.50. The van der Waals surface area contributed by atoms with Crippen LogP contribution in [0.5, 0.6) is 0 Å². The number of nitrogens with zero attached hydrogens (tertiary/aromatic N) is 3. The summed E-state index contributed by atoms with van der Waals surface area (Å²) in [5, 5.41) is 3.99. The second-order valence-corrected chi connectivity index (χ2v) is 8.12. The lowest BCUT2D eigenvalue weighted by Crippen LogP contribution is -2.29. The predicted octanol–water partition coefficient (Wildman–Crippen LogP) is 2.26. The zero-order chi connectivity index (χ0) is 17.5. The van der Waals surface area contributed by atoms with Crippen molar-refractivity contribution < 1.29 is 17.2 Å². The summed E-state index contributed by atoms with van der Waals surface area (Å²) in [6, 6.07) is 3.43. The van der Waals surface area contributed by atoms with Gasteiger partial charge in [0.25, 0.3) is 0 Å². The van der Waals surface area contributed by atoms with Crippen LogP contribution in [0.1, 0.15) is 17.7 Å². The smallest absolute Gasteiger partial charge is 0.246 e. The van der Waals surface area contributed by atoms with Crippen molar-refractivity contribution in [3.8, 4) is 0 Å². The number of rotatable bonds is 4. The first-order valence-electron chi connectivity index (χ1n) is 7.71. The van der Waals surface area contributed by atoms with Crippen LogP contribution in [0, 0.1) is 24.5 Å². The van der Waals surface area contributed by atoms with Crippen molar-refractivity contribution in [1.29, 1.82) is 0 Å². The number of aromatic nitrogens is 2. The summed E-state index contributed by atoms with van der Waals surface area (Å²) >= 11 is 0. The Balaban J connectivity index is 1.74. The molecule has 5 nitrogen and oxygen atoms in total. The van der Waals surface area contributed by atoms with E-state index in [0.717, 1.165) is 6.07 Å². The molecule has 1 saturated heterocycles. The van der Waals surface area contributed by atoms with Gasteiger partial charge >= 0.3 is 0 Å². The fourth-order valence-corrected chi connectivity index (χ4v) is 4.83. The molecule has 1 aliphatic rings. The molecule has 0 spiro atoms. The van der Waals surface area contributed by atoms with Gasteiger partial charge in [0.05, 0.1) is 11.9 Å². The number of benzene rings is 1. The molecule has 1 aromatic carbocycles. The van der Waals surface area contributed by atoms with E-state index in [1.807, 2.05) is 0 Å². The van der Waals surface area contributed by atoms with Gasteiger partial charge in [-0.05, 0) is 43.4 Å². The molecule has 0 radical (unpaired) electrons. The van der Waals surface area contributed by atoms with Gasteiger partial charge in [0.2, 0.25) is 10.0 Å². The summed E-state index contributed by atoms with van der Waals surface area (Å²) in [5.41, 5.74) is 1.14. The molecule has 3 rings (SSSR count). The Hall–Kier alpha value is -1.80. The molecule has 1 fully saturated rings. The Kier molecular flexibility index (Phi) is 4.44. The van der Waals surface area contributed by atoms with E-state index in [9.17, 15) is 17.2 Å². The van der Waals surface area contributed by atoms with Crippen molar-refractivity contribution in [1.82, 2.24) is 14.1 Å². The van der Waals surface area contributed by atoms with E-state index in [4.69, 9.17) is 0 Å². The van der Waals surface area contributed by atoms with Crippen molar-refractivity contribution in [2.75, 3.05) is 13.1 Å². The van der Waals surface area contributed by atoms with E-state index in [1.165, 1.54) is 27.3 Å². The molecule has 1 aliphatic heterocycles. The maximum absolute atomic E-state index is 13.3. The molecule has 2 heterocycles. The van der Waals surface area contributed by atoms with E-state index in [1.54, 1.807) is 14.0 Å². The number of halogens is 2. The van der Waals surface area contributed by atoms with E-state index in [2.05, 4.69) is 5.10 Å². The molecule has 1 atom stereocenters. The summed E-state index contributed by atoms with van der Waals surface area (Å²) in [6.45, 7) is 2.46. The van der Waals surface area contributed by atoms with Crippen LogP contribution in [0.4, 0.5) is 8.78 Å². The second kappa shape index (κ2) is 6.25. The highest BCUT2D eigenvalue weighted by Gasteiger charge is 2.34. The Morgan fingerprint density at radius 2 is 1.92 bits per heavy atom. The Bertz CT molecular complexity index is 844. The zero-order valence-corrected chi connectivity index (χ0v) is 14.4. The number of hydrogen-bond donors (Lipinski definition) is 0. The quantitative estimate of drug-likeness (QED) is 0.845. The second-order valence-electron chi connectivity index (χ2n) is 6.22. The first-order valence-corrected chi connectivity index (χ1v) is 9.15. The first kappa shape index (κ1) is 17.0. The van der Waals surface area contributed by atoms with Gasteiger partial charge in [0.1, 0.15) is 16.5 Å². The van der Waals surface area contributed by atoms with Crippen LogP contribution in [0.25, 0.3) is 0 Å². The van der Waals surface area contributed by atoms with Crippen molar-refractivity contribution in [3.63, 3.8) is 0 Å². The zero-order valence-electron chi connectivity index (χ0n) is 13.5. The highest BCUT2D eigenvalue weighted by Crippen LogP contribution is 2.28. The number of hydrogen-bond acceptors (Lipinski definition) is 3. The Morgan fingerprint density at radius 3 is 2.50 bits per heavy atom. The van der Waals surface area contributed by atoms with Crippen molar-refractivity contribution in [2.45, 2.75) is 24.7 Å². The van der Waals surface area contributed by atoms with Crippen LogP contribution in [-0.2, 0) is 23.5 Å². The Morgan fingerprint density at radius 1 is 1.25 bits per heavy atom. The van der Waals surface area contributed by atoms with Gasteiger partial charge in [0.15, 0.2) is 0 Å². The van der Waals surface area contributed by atoms with Crippen LogP contribution in [-0.4, -0.2) is 35.6 Å². The highest BCUT2D eigenvalue weighted by molar-refractivity contribution is 7.89. The van der Waals surface area contributed by atoms with E-state index < -0.39 is 21.7 Å². The van der Waals surface area contributed by atoms with Gasteiger partial charge in [-0.25, -0.2) is 17.2 Å². The third-order valence-corrected chi connectivity index (χ3v) is 6.47. The average molecular weight is 355 g/mol. The van der Waals surface area contributed by atoms with Crippen LogP contribution >= 0.6 is 0 Å². The maximum Gasteiger partial charge on any atom is 0.246 e. The molecule has 0 saturated carbocycles. The van der Waals surface area contributed by atoms with Gasteiger partial charge in [-0.2, -0.15) is 9.40 Å². The first-order chi connectivity index (χ1) is 11.3. The normalized spacial score (nSPS) is 19.1. The van der Waals surface area contributed by atoms with E-state index in [0.29, 0.717) is 37.2 Å². The third kappa shape index (κ3) is 3.21. The van der Waals surface area contributed by atoms with Crippen molar-refractivity contribution in [2.24, 2.45) is 13.0 Å². The lowest BCUT2D eigenvalue weighted by Gasteiger charge is -2.16. The monoisotopic (exact) mass is 355 g/mol. The molecule has 1 unspecified atom stereocenters. The Labute approximate surface area is 139 Å². The minimum Gasteiger partial charge on any atom is -0.272 e. The van der Waals surface area contributed by atoms with Gasteiger partial charge < -0.3 is 0 Å². The van der Waals surface area contributed by atoms with E-state index >= 15 is 0 Å². The topological polar surface area (TPSA) is 55.2 Å². The maximum atomic E-state index is 13.3. The highest BCUT2D eigenvalue weighted by atomic mass is 32.2. The van der Waals surface area contributed by atoms with E-state index in [-0.39, 0.29) is 10.8 Å². The molecule has 8 heteroatoms.